The van der Waals surface area contributed by atoms with Crippen molar-refractivity contribution < 1.29 is 0 Å². The summed E-state index contributed by atoms with van der Waals surface area (Å²) in [5.41, 5.74) is 2.53. The van der Waals surface area contributed by atoms with Gasteiger partial charge in [-0.05, 0) is 20.8 Å². The molecule has 0 unspecified atom stereocenters. The maximum Gasteiger partial charge on any atom is 0.0989 e. The molecule has 0 saturated heterocycles. The van der Waals surface area contributed by atoms with Gasteiger partial charge in [-0.3, -0.25) is 0 Å². The first kappa shape index (κ1) is 16.2. The molecule has 0 fully saturated rings. The molecule has 0 aliphatic rings. The van der Waals surface area contributed by atoms with Crippen LogP contribution in [0.5, 0.6) is 0 Å². The van der Waals surface area contributed by atoms with Gasteiger partial charge < -0.3 is 5.32 Å². The first-order chi connectivity index (χ1) is 9.67. The summed E-state index contributed by atoms with van der Waals surface area (Å²) in [6, 6.07) is 10.5. The molecular formula is C18H26N2S. The van der Waals surface area contributed by atoms with Crippen LogP contribution in [0.15, 0.2) is 30.3 Å². The highest BCUT2D eigenvalue weighted by atomic mass is 32.1. The van der Waals surface area contributed by atoms with E-state index in [0.717, 1.165) is 12.2 Å². The van der Waals surface area contributed by atoms with Crippen molar-refractivity contribution in [2.24, 2.45) is 0 Å². The highest BCUT2D eigenvalue weighted by Gasteiger charge is 2.22. The zero-order chi connectivity index (χ0) is 15.7. The molecule has 0 spiro atoms. The fraction of sp³-hybridized carbons (Fsp3) is 0.500. The zero-order valence-corrected chi connectivity index (χ0v) is 14.8. The van der Waals surface area contributed by atoms with Crippen LogP contribution in [0.3, 0.4) is 0 Å². The van der Waals surface area contributed by atoms with E-state index in [9.17, 15) is 0 Å². The second-order valence-electron chi connectivity index (χ2n) is 7.51. The molecule has 2 aromatic rings. The maximum absolute atomic E-state index is 4.93. The lowest BCUT2D eigenvalue weighted by atomic mass is 9.98. The molecule has 1 N–H and O–H groups in total. The molecule has 1 aromatic heterocycles. The molecule has 0 saturated carbocycles. The molecule has 114 valence electrons. The third-order valence-corrected chi connectivity index (χ3v) is 4.65. The van der Waals surface area contributed by atoms with E-state index in [2.05, 4.69) is 71.1 Å². The SMILES string of the molecule is CC(C)(C)NCc1sc(C(C)(C)C)nc1-c1ccccc1. The standard InChI is InChI=1S/C18H26N2S/c1-17(2,3)16-20-15(13-10-8-7-9-11-13)14(21-16)12-19-18(4,5)6/h7-11,19H,12H2,1-6H3. The van der Waals surface area contributed by atoms with Crippen LogP contribution in [0.4, 0.5) is 0 Å². The Bertz CT molecular complexity index is 586. The monoisotopic (exact) mass is 302 g/mol. The molecule has 0 amide bonds. The molecule has 0 atom stereocenters. The first-order valence-electron chi connectivity index (χ1n) is 7.47. The summed E-state index contributed by atoms with van der Waals surface area (Å²) in [5, 5.41) is 4.78. The Kier molecular flexibility index (Phi) is 4.54. The number of aromatic nitrogens is 1. The van der Waals surface area contributed by atoms with Gasteiger partial charge in [0, 0.05) is 27.9 Å². The molecule has 21 heavy (non-hydrogen) atoms. The first-order valence-corrected chi connectivity index (χ1v) is 8.29. The number of hydrogen-bond acceptors (Lipinski definition) is 3. The lowest BCUT2D eigenvalue weighted by Crippen LogP contribution is -2.34. The molecular weight excluding hydrogens is 276 g/mol. The van der Waals surface area contributed by atoms with E-state index in [1.54, 1.807) is 0 Å². The van der Waals surface area contributed by atoms with E-state index in [0.29, 0.717) is 0 Å². The van der Waals surface area contributed by atoms with Crippen molar-refractivity contribution in [1.82, 2.24) is 10.3 Å². The lowest BCUT2D eigenvalue weighted by Gasteiger charge is -2.20. The minimum Gasteiger partial charge on any atom is -0.307 e. The second-order valence-corrected chi connectivity index (χ2v) is 8.59. The number of nitrogens with zero attached hydrogens (tertiary/aromatic N) is 1. The van der Waals surface area contributed by atoms with Gasteiger partial charge in [-0.1, -0.05) is 51.1 Å². The van der Waals surface area contributed by atoms with Crippen molar-refractivity contribution in [1.29, 1.82) is 0 Å². The average Bonchev–Trinajstić information content (AvgIpc) is 2.80. The summed E-state index contributed by atoms with van der Waals surface area (Å²) in [7, 11) is 0. The quantitative estimate of drug-likeness (QED) is 0.863. The van der Waals surface area contributed by atoms with Gasteiger partial charge in [0.15, 0.2) is 0 Å². The number of rotatable bonds is 3. The minimum absolute atomic E-state index is 0.0914. The van der Waals surface area contributed by atoms with Gasteiger partial charge in [-0.2, -0.15) is 0 Å². The van der Waals surface area contributed by atoms with Crippen LogP contribution in [-0.4, -0.2) is 10.5 Å². The summed E-state index contributed by atoms with van der Waals surface area (Å²) in [4.78, 5) is 6.25. The molecule has 3 heteroatoms. The highest BCUT2D eigenvalue weighted by Crippen LogP contribution is 2.34. The summed E-state index contributed by atoms with van der Waals surface area (Å²) >= 11 is 1.83. The summed E-state index contributed by atoms with van der Waals surface area (Å²) < 4.78 is 0. The largest absolute Gasteiger partial charge is 0.307 e. The average molecular weight is 302 g/mol. The van der Waals surface area contributed by atoms with E-state index < -0.39 is 0 Å². The Balaban J connectivity index is 2.39. The highest BCUT2D eigenvalue weighted by molar-refractivity contribution is 7.12. The summed E-state index contributed by atoms with van der Waals surface area (Å²) in [6.45, 7) is 14.1. The lowest BCUT2D eigenvalue weighted by molar-refractivity contribution is 0.426. The Hall–Kier alpha value is -1.19. The molecule has 2 rings (SSSR count). The van der Waals surface area contributed by atoms with Crippen LogP contribution in [0, 0.1) is 0 Å². The smallest absolute Gasteiger partial charge is 0.0989 e. The van der Waals surface area contributed by atoms with Crippen molar-refractivity contribution >= 4 is 11.3 Å². The van der Waals surface area contributed by atoms with E-state index in [4.69, 9.17) is 4.98 Å². The minimum atomic E-state index is 0.0914. The van der Waals surface area contributed by atoms with Crippen molar-refractivity contribution in [3.8, 4) is 11.3 Å². The van der Waals surface area contributed by atoms with Gasteiger partial charge in [0.25, 0.3) is 0 Å². The Morgan fingerprint density at radius 3 is 2.14 bits per heavy atom. The van der Waals surface area contributed by atoms with Crippen molar-refractivity contribution in [3.63, 3.8) is 0 Å². The Labute approximate surface area is 132 Å². The van der Waals surface area contributed by atoms with Crippen LogP contribution < -0.4 is 5.32 Å². The van der Waals surface area contributed by atoms with E-state index >= 15 is 0 Å². The Morgan fingerprint density at radius 2 is 1.62 bits per heavy atom. The fourth-order valence-electron chi connectivity index (χ4n) is 1.96. The van der Waals surface area contributed by atoms with Crippen LogP contribution in [0.25, 0.3) is 11.3 Å². The molecule has 1 aromatic carbocycles. The zero-order valence-electron chi connectivity index (χ0n) is 13.9. The van der Waals surface area contributed by atoms with Crippen molar-refractivity contribution in [2.45, 2.75) is 59.0 Å². The van der Waals surface area contributed by atoms with E-state index in [-0.39, 0.29) is 11.0 Å². The molecule has 2 nitrogen and oxygen atoms in total. The van der Waals surface area contributed by atoms with Crippen LogP contribution in [0.2, 0.25) is 0 Å². The van der Waals surface area contributed by atoms with Crippen LogP contribution in [0.1, 0.15) is 51.4 Å². The molecule has 0 bridgehead atoms. The van der Waals surface area contributed by atoms with Gasteiger partial charge in [-0.25, -0.2) is 4.98 Å². The number of benzene rings is 1. The number of nitrogens with one attached hydrogen (secondary N) is 1. The van der Waals surface area contributed by atoms with E-state index in [1.165, 1.54) is 15.4 Å². The van der Waals surface area contributed by atoms with Crippen LogP contribution >= 0.6 is 11.3 Å². The maximum atomic E-state index is 4.93. The fourth-order valence-corrected chi connectivity index (χ4v) is 3.04. The van der Waals surface area contributed by atoms with Crippen molar-refractivity contribution in [3.05, 3.63) is 40.2 Å². The number of thiazole rings is 1. The normalized spacial score (nSPS) is 12.7. The number of hydrogen-bond donors (Lipinski definition) is 1. The summed E-state index contributed by atoms with van der Waals surface area (Å²) in [6.07, 6.45) is 0. The molecule has 1 heterocycles. The topological polar surface area (TPSA) is 24.9 Å². The van der Waals surface area contributed by atoms with Crippen LogP contribution in [-0.2, 0) is 12.0 Å². The van der Waals surface area contributed by atoms with Gasteiger partial charge in [0.2, 0.25) is 0 Å². The third kappa shape index (κ3) is 4.39. The van der Waals surface area contributed by atoms with Gasteiger partial charge in [-0.15, -0.1) is 11.3 Å². The van der Waals surface area contributed by atoms with E-state index in [1.807, 2.05) is 17.4 Å². The third-order valence-electron chi connectivity index (χ3n) is 3.17. The van der Waals surface area contributed by atoms with Gasteiger partial charge in [0.05, 0.1) is 10.7 Å². The Morgan fingerprint density at radius 1 is 1.00 bits per heavy atom. The predicted octanol–water partition coefficient (Wildman–Crippen LogP) is 5.00. The molecule has 0 aliphatic heterocycles. The predicted molar refractivity (Wildman–Crippen MR) is 92.8 cm³/mol. The summed E-state index contributed by atoms with van der Waals surface area (Å²) in [5.74, 6) is 0. The molecule has 0 aliphatic carbocycles. The van der Waals surface area contributed by atoms with Crippen molar-refractivity contribution in [2.75, 3.05) is 0 Å². The van der Waals surface area contributed by atoms with Gasteiger partial charge in [0.1, 0.15) is 0 Å². The second kappa shape index (κ2) is 5.90. The van der Waals surface area contributed by atoms with Gasteiger partial charge >= 0.3 is 0 Å². The molecule has 0 radical (unpaired) electrons.